The van der Waals surface area contributed by atoms with Crippen LogP contribution in [0.15, 0.2) is 54.9 Å². The molecule has 0 atom stereocenters. The van der Waals surface area contributed by atoms with Gasteiger partial charge >= 0.3 is 0 Å². The fourth-order valence-electron chi connectivity index (χ4n) is 2.75. The van der Waals surface area contributed by atoms with E-state index in [9.17, 15) is 4.79 Å². The molecule has 134 valence electrons. The molecule has 0 spiro atoms. The second-order valence-electron chi connectivity index (χ2n) is 5.84. The van der Waals surface area contributed by atoms with E-state index in [0.717, 1.165) is 0 Å². The number of amides is 1. The summed E-state index contributed by atoms with van der Waals surface area (Å²) in [6.45, 7) is 2.70. The van der Waals surface area contributed by atoms with E-state index >= 15 is 0 Å². The number of aryl methyl sites for hydroxylation is 1. The zero-order chi connectivity index (χ0) is 18.5. The Morgan fingerprint density at radius 3 is 2.42 bits per heavy atom. The number of hydrogen-bond acceptors (Lipinski definition) is 4. The average Bonchev–Trinajstić information content (AvgIpc) is 3.09. The molecule has 2 aromatic carbocycles. The normalized spacial score (nSPS) is 10.4. The van der Waals surface area contributed by atoms with Gasteiger partial charge in [0.25, 0.3) is 5.91 Å². The van der Waals surface area contributed by atoms with Gasteiger partial charge in [-0.3, -0.25) is 9.48 Å². The number of ether oxygens (including phenoxy) is 2. The van der Waals surface area contributed by atoms with Crippen molar-refractivity contribution < 1.29 is 14.3 Å². The standard InChI is InChI=1S/C20H21N3O3/c1-14-7-4-5-8-15(14)12-23-13-16(11-21-23)22-20(24)19-17(25-2)9-6-10-18(19)26-3/h4-11,13H,12H2,1-3H3,(H,22,24). The summed E-state index contributed by atoms with van der Waals surface area (Å²) >= 11 is 0. The Labute approximate surface area is 152 Å². The number of anilines is 1. The third kappa shape index (κ3) is 3.69. The molecule has 1 heterocycles. The van der Waals surface area contributed by atoms with E-state index in [1.807, 2.05) is 12.1 Å². The maximum absolute atomic E-state index is 12.7. The summed E-state index contributed by atoms with van der Waals surface area (Å²) in [5, 5.41) is 7.17. The van der Waals surface area contributed by atoms with Crippen LogP contribution < -0.4 is 14.8 Å². The minimum atomic E-state index is -0.310. The fourth-order valence-corrected chi connectivity index (χ4v) is 2.75. The summed E-state index contributed by atoms with van der Waals surface area (Å²) in [6, 6.07) is 13.4. The number of rotatable bonds is 6. The van der Waals surface area contributed by atoms with Crippen LogP contribution in [-0.4, -0.2) is 29.9 Å². The molecule has 0 fully saturated rings. The van der Waals surface area contributed by atoms with Crippen LogP contribution in [-0.2, 0) is 6.54 Å². The van der Waals surface area contributed by atoms with E-state index in [-0.39, 0.29) is 5.91 Å². The van der Waals surface area contributed by atoms with Crippen LogP contribution in [0.5, 0.6) is 11.5 Å². The summed E-state index contributed by atoms with van der Waals surface area (Å²) in [5.74, 6) is 0.595. The Hall–Kier alpha value is -3.28. The van der Waals surface area contributed by atoms with Crippen molar-refractivity contribution in [2.24, 2.45) is 0 Å². The lowest BCUT2D eigenvalue weighted by Gasteiger charge is -2.12. The van der Waals surface area contributed by atoms with Gasteiger partial charge in [0.1, 0.15) is 17.1 Å². The van der Waals surface area contributed by atoms with Gasteiger partial charge in [0.15, 0.2) is 0 Å². The van der Waals surface area contributed by atoms with Crippen molar-refractivity contribution in [2.75, 3.05) is 19.5 Å². The van der Waals surface area contributed by atoms with E-state index in [1.54, 1.807) is 35.3 Å². The number of nitrogens with one attached hydrogen (secondary N) is 1. The first-order valence-electron chi connectivity index (χ1n) is 8.21. The summed E-state index contributed by atoms with van der Waals surface area (Å²) in [7, 11) is 3.04. The van der Waals surface area contributed by atoms with Gasteiger partial charge in [-0.05, 0) is 30.2 Å². The van der Waals surface area contributed by atoms with Gasteiger partial charge in [-0.15, -0.1) is 0 Å². The number of methoxy groups -OCH3 is 2. The Morgan fingerprint density at radius 1 is 1.08 bits per heavy atom. The molecule has 0 radical (unpaired) electrons. The zero-order valence-electron chi connectivity index (χ0n) is 15.0. The Bertz CT molecular complexity index is 896. The molecule has 0 aliphatic carbocycles. The third-order valence-electron chi connectivity index (χ3n) is 4.14. The molecule has 3 rings (SSSR count). The van der Waals surface area contributed by atoms with Crippen LogP contribution in [0.4, 0.5) is 5.69 Å². The molecular formula is C20H21N3O3. The topological polar surface area (TPSA) is 65.4 Å². The number of hydrogen-bond donors (Lipinski definition) is 1. The lowest BCUT2D eigenvalue weighted by Crippen LogP contribution is -2.14. The molecule has 1 amide bonds. The number of carbonyl (C=O) groups is 1. The summed E-state index contributed by atoms with van der Waals surface area (Å²) in [6.07, 6.45) is 3.42. The Kier molecular flexibility index (Phi) is 5.22. The van der Waals surface area contributed by atoms with Crippen molar-refractivity contribution in [3.8, 4) is 11.5 Å². The van der Waals surface area contributed by atoms with Gasteiger partial charge in [-0.1, -0.05) is 30.3 Å². The lowest BCUT2D eigenvalue weighted by molar-refractivity contribution is 0.102. The zero-order valence-corrected chi connectivity index (χ0v) is 15.0. The predicted molar refractivity (Wildman–Crippen MR) is 100 cm³/mol. The second kappa shape index (κ2) is 7.74. The molecule has 6 heteroatoms. The first kappa shape index (κ1) is 17.5. The van der Waals surface area contributed by atoms with E-state index < -0.39 is 0 Å². The van der Waals surface area contributed by atoms with Gasteiger partial charge in [0.05, 0.1) is 32.6 Å². The summed E-state index contributed by atoms with van der Waals surface area (Å²) < 4.78 is 12.4. The Morgan fingerprint density at radius 2 is 1.77 bits per heavy atom. The number of benzene rings is 2. The van der Waals surface area contributed by atoms with Crippen molar-refractivity contribution in [1.29, 1.82) is 0 Å². The number of aromatic nitrogens is 2. The first-order chi connectivity index (χ1) is 12.6. The highest BCUT2D eigenvalue weighted by Gasteiger charge is 2.18. The molecule has 0 saturated carbocycles. The maximum atomic E-state index is 12.7. The second-order valence-corrected chi connectivity index (χ2v) is 5.84. The van der Waals surface area contributed by atoms with Gasteiger partial charge in [0.2, 0.25) is 0 Å². The smallest absolute Gasteiger partial charge is 0.263 e. The maximum Gasteiger partial charge on any atom is 0.263 e. The molecule has 0 unspecified atom stereocenters. The van der Waals surface area contributed by atoms with Crippen molar-refractivity contribution in [3.63, 3.8) is 0 Å². The highest BCUT2D eigenvalue weighted by molar-refractivity contribution is 6.08. The number of carbonyl (C=O) groups excluding carboxylic acids is 1. The highest BCUT2D eigenvalue weighted by atomic mass is 16.5. The Balaban J connectivity index is 1.78. The quantitative estimate of drug-likeness (QED) is 0.738. The minimum absolute atomic E-state index is 0.310. The number of nitrogens with zero attached hydrogens (tertiary/aromatic N) is 2. The summed E-state index contributed by atoms with van der Waals surface area (Å²) in [5.41, 5.74) is 3.34. The van der Waals surface area contributed by atoms with E-state index in [0.29, 0.717) is 29.3 Å². The molecule has 0 aliphatic heterocycles. The van der Waals surface area contributed by atoms with Crippen LogP contribution in [0.2, 0.25) is 0 Å². The van der Waals surface area contributed by atoms with Crippen molar-refractivity contribution in [2.45, 2.75) is 13.5 Å². The van der Waals surface area contributed by atoms with Crippen LogP contribution >= 0.6 is 0 Å². The first-order valence-corrected chi connectivity index (χ1v) is 8.21. The van der Waals surface area contributed by atoms with Crippen LogP contribution in [0.1, 0.15) is 21.5 Å². The third-order valence-corrected chi connectivity index (χ3v) is 4.14. The largest absolute Gasteiger partial charge is 0.496 e. The fraction of sp³-hybridized carbons (Fsp3) is 0.200. The molecule has 0 aliphatic rings. The molecule has 26 heavy (non-hydrogen) atoms. The molecule has 1 N–H and O–H groups in total. The van der Waals surface area contributed by atoms with Crippen LogP contribution in [0, 0.1) is 6.92 Å². The van der Waals surface area contributed by atoms with Crippen molar-refractivity contribution >= 4 is 11.6 Å². The minimum Gasteiger partial charge on any atom is -0.496 e. The molecule has 6 nitrogen and oxygen atoms in total. The van der Waals surface area contributed by atoms with Crippen molar-refractivity contribution in [3.05, 3.63) is 71.5 Å². The van der Waals surface area contributed by atoms with Gasteiger partial charge in [-0.25, -0.2) is 0 Å². The summed E-state index contributed by atoms with van der Waals surface area (Å²) in [4.78, 5) is 12.7. The monoisotopic (exact) mass is 351 g/mol. The van der Waals surface area contributed by atoms with E-state index in [1.165, 1.54) is 25.3 Å². The molecule has 3 aromatic rings. The SMILES string of the molecule is COc1cccc(OC)c1C(=O)Nc1cnn(Cc2ccccc2C)c1. The predicted octanol–water partition coefficient (Wildman–Crippen LogP) is 3.51. The molecule has 0 bridgehead atoms. The van der Waals surface area contributed by atoms with Gasteiger partial charge in [0, 0.05) is 6.20 Å². The van der Waals surface area contributed by atoms with Crippen LogP contribution in [0.3, 0.4) is 0 Å². The van der Waals surface area contributed by atoms with Crippen molar-refractivity contribution in [1.82, 2.24) is 9.78 Å². The lowest BCUT2D eigenvalue weighted by atomic mass is 10.1. The highest BCUT2D eigenvalue weighted by Crippen LogP contribution is 2.29. The molecule has 0 saturated heterocycles. The molecule has 1 aromatic heterocycles. The van der Waals surface area contributed by atoms with Crippen LogP contribution in [0.25, 0.3) is 0 Å². The van der Waals surface area contributed by atoms with Gasteiger partial charge in [-0.2, -0.15) is 5.10 Å². The van der Waals surface area contributed by atoms with E-state index in [4.69, 9.17) is 9.47 Å². The van der Waals surface area contributed by atoms with Gasteiger partial charge < -0.3 is 14.8 Å². The van der Waals surface area contributed by atoms with E-state index in [2.05, 4.69) is 29.5 Å². The molecular weight excluding hydrogens is 330 g/mol. The average molecular weight is 351 g/mol.